The number of para-hydroxylation sites is 2. The Morgan fingerprint density at radius 1 is 1.21 bits per heavy atom. The van der Waals surface area contributed by atoms with Crippen molar-refractivity contribution in [2.75, 3.05) is 19.0 Å². The summed E-state index contributed by atoms with van der Waals surface area (Å²) in [5.74, 6) is 0.0489. The van der Waals surface area contributed by atoms with E-state index in [1.807, 2.05) is 6.07 Å². The molecule has 0 saturated carbocycles. The number of ether oxygens (including phenoxy) is 3. The van der Waals surface area contributed by atoms with Crippen molar-refractivity contribution in [2.24, 2.45) is 0 Å². The van der Waals surface area contributed by atoms with Crippen LogP contribution in [0.15, 0.2) is 42.5 Å². The molecule has 1 amide bonds. The van der Waals surface area contributed by atoms with E-state index >= 15 is 0 Å². The number of hydrogen-bond donors (Lipinski definition) is 1. The van der Waals surface area contributed by atoms with Crippen molar-refractivity contribution >= 4 is 29.2 Å². The molecule has 124 valence electrons. The fourth-order valence-corrected chi connectivity index (χ4v) is 2.44. The first kappa shape index (κ1) is 16.1. The molecule has 0 radical (unpaired) electrons. The summed E-state index contributed by atoms with van der Waals surface area (Å²) >= 11 is 5.94. The van der Waals surface area contributed by atoms with Crippen LogP contribution in [0.2, 0.25) is 5.02 Å². The lowest BCUT2D eigenvalue weighted by Crippen LogP contribution is -2.40. The molecule has 24 heavy (non-hydrogen) atoms. The lowest BCUT2D eigenvalue weighted by molar-refractivity contribution is -0.125. The zero-order valence-corrected chi connectivity index (χ0v) is 13.5. The normalized spacial score (nSPS) is 15.5. The number of benzene rings is 2. The summed E-state index contributed by atoms with van der Waals surface area (Å²) in [5.41, 5.74) is 0.453. The molecule has 0 unspecified atom stereocenters. The molecule has 2 aromatic carbocycles. The number of hydrogen-bond acceptors (Lipinski definition) is 5. The molecule has 0 aromatic heterocycles. The van der Waals surface area contributed by atoms with Crippen molar-refractivity contribution in [2.45, 2.75) is 6.10 Å². The topological polar surface area (TPSA) is 73.9 Å². The maximum Gasteiger partial charge on any atom is 0.339 e. The number of carbonyl (C=O) groups excluding carboxylic acids is 2. The van der Waals surface area contributed by atoms with Crippen LogP contribution >= 0.6 is 11.6 Å². The Hall–Kier alpha value is -2.73. The highest BCUT2D eigenvalue weighted by Gasteiger charge is 2.28. The Balaban J connectivity index is 1.78. The van der Waals surface area contributed by atoms with Gasteiger partial charge in [-0.1, -0.05) is 23.7 Å². The standard InChI is InChI=1S/C17H14ClNO5/c1-22-17(21)11-7-6-10(18)8-12(11)19-16(20)15-9-23-13-4-2-3-5-14(13)24-15/h2-8,15H,9H2,1H3,(H,19,20)/t15-/m1/s1. The zero-order chi connectivity index (χ0) is 17.1. The number of methoxy groups -OCH3 is 1. The smallest absolute Gasteiger partial charge is 0.339 e. The number of amides is 1. The summed E-state index contributed by atoms with van der Waals surface area (Å²) in [4.78, 5) is 24.2. The molecule has 0 bridgehead atoms. The van der Waals surface area contributed by atoms with Crippen LogP contribution in [-0.2, 0) is 9.53 Å². The molecule has 0 spiro atoms. The molecule has 7 heteroatoms. The van der Waals surface area contributed by atoms with Crippen molar-refractivity contribution in [1.29, 1.82) is 0 Å². The van der Waals surface area contributed by atoms with Gasteiger partial charge in [-0.05, 0) is 30.3 Å². The first-order chi connectivity index (χ1) is 11.6. The molecule has 1 aliphatic rings. The third-order valence-corrected chi connectivity index (χ3v) is 3.68. The van der Waals surface area contributed by atoms with Gasteiger partial charge in [0.15, 0.2) is 11.5 Å². The summed E-state index contributed by atoms with van der Waals surface area (Å²) < 4.78 is 15.9. The van der Waals surface area contributed by atoms with Crippen LogP contribution in [0.5, 0.6) is 11.5 Å². The lowest BCUT2D eigenvalue weighted by Gasteiger charge is -2.25. The van der Waals surface area contributed by atoms with Gasteiger partial charge in [-0.15, -0.1) is 0 Å². The van der Waals surface area contributed by atoms with E-state index < -0.39 is 18.0 Å². The molecular formula is C17H14ClNO5. The first-order valence-electron chi connectivity index (χ1n) is 7.15. The predicted molar refractivity (Wildman–Crippen MR) is 87.8 cm³/mol. The van der Waals surface area contributed by atoms with Crippen LogP contribution in [0, 0.1) is 0 Å². The second-order valence-corrected chi connectivity index (χ2v) is 5.47. The number of nitrogens with one attached hydrogen (secondary N) is 1. The highest BCUT2D eigenvalue weighted by atomic mass is 35.5. The SMILES string of the molecule is COC(=O)c1ccc(Cl)cc1NC(=O)[C@H]1COc2ccccc2O1. The van der Waals surface area contributed by atoms with E-state index in [4.69, 9.17) is 25.8 Å². The van der Waals surface area contributed by atoms with E-state index in [0.29, 0.717) is 16.5 Å². The average molecular weight is 348 g/mol. The molecule has 1 aliphatic heterocycles. The van der Waals surface area contributed by atoms with Gasteiger partial charge in [0.1, 0.15) is 6.61 Å². The van der Waals surface area contributed by atoms with Crippen LogP contribution < -0.4 is 14.8 Å². The van der Waals surface area contributed by atoms with Gasteiger partial charge in [-0.2, -0.15) is 0 Å². The molecule has 3 rings (SSSR count). The summed E-state index contributed by atoms with van der Waals surface area (Å²) in [7, 11) is 1.26. The Morgan fingerprint density at radius 2 is 1.96 bits per heavy atom. The molecule has 1 atom stereocenters. The highest BCUT2D eigenvalue weighted by molar-refractivity contribution is 6.31. The Kier molecular flexibility index (Phi) is 4.57. The monoisotopic (exact) mass is 347 g/mol. The number of fused-ring (bicyclic) bond motifs is 1. The molecule has 1 heterocycles. The second kappa shape index (κ2) is 6.80. The minimum absolute atomic E-state index is 0.0664. The van der Waals surface area contributed by atoms with Crippen LogP contribution in [0.4, 0.5) is 5.69 Å². The van der Waals surface area contributed by atoms with Crippen molar-refractivity contribution in [1.82, 2.24) is 0 Å². The van der Waals surface area contributed by atoms with E-state index in [2.05, 4.69) is 5.32 Å². The minimum atomic E-state index is -0.843. The van der Waals surface area contributed by atoms with Gasteiger partial charge in [0.2, 0.25) is 6.10 Å². The van der Waals surface area contributed by atoms with Gasteiger partial charge in [-0.3, -0.25) is 4.79 Å². The molecular weight excluding hydrogens is 334 g/mol. The van der Waals surface area contributed by atoms with Crippen molar-refractivity contribution in [3.05, 3.63) is 53.1 Å². The average Bonchev–Trinajstić information content (AvgIpc) is 2.60. The van der Waals surface area contributed by atoms with Crippen LogP contribution in [0.3, 0.4) is 0 Å². The minimum Gasteiger partial charge on any atom is -0.485 e. The van der Waals surface area contributed by atoms with Crippen molar-refractivity contribution in [3.8, 4) is 11.5 Å². The fourth-order valence-electron chi connectivity index (χ4n) is 2.27. The summed E-state index contributed by atoms with van der Waals surface area (Å²) in [6.07, 6.45) is -0.843. The van der Waals surface area contributed by atoms with E-state index in [1.54, 1.807) is 24.3 Å². The molecule has 1 N–H and O–H groups in total. The van der Waals surface area contributed by atoms with Crippen LogP contribution in [0.25, 0.3) is 0 Å². The predicted octanol–water partition coefficient (Wildman–Crippen LogP) is 2.91. The second-order valence-electron chi connectivity index (χ2n) is 5.03. The van der Waals surface area contributed by atoms with E-state index in [1.165, 1.54) is 19.2 Å². The van der Waals surface area contributed by atoms with Gasteiger partial charge >= 0.3 is 5.97 Å². The summed E-state index contributed by atoms with van der Waals surface area (Å²) in [6.45, 7) is 0.0664. The van der Waals surface area contributed by atoms with E-state index in [0.717, 1.165) is 0 Å². The third kappa shape index (κ3) is 3.28. The summed E-state index contributed by atoms with van der Waals surface area (Å²) in [5, 5.41) is 3.02. The number of anilines is 1. The highest BCUT2D eigenvalue weighted by Crippen LogP contribution is 2.31. The van der Waals surface area contributed by atoms with Gasteiger partial charge in [0, 0.05) is 5.02 Å². The lowest BCUT2D eigenvalue weighted by atomic mass is 10.1. The number of rotatable bonds is 3. The van der Waals surface area contributed by atoms with Crippen molar-refractivity contribution < 1.29 is 23.8 Å². The van der Waals surface area contributed by atoms with Gasteiger partial charge in [-0.25, -0.2) is 4.79 Å². The van der Waals surface area contributed by atoms with Crippen molar-refractivity contribution in [3.63, 3.8) is 0 Å². The fraction of sp³-hybridized carbons (Fsp3) is 0.176. The summed E-state index contributed by atoms with van der Waals surface area (Å²) in [6, 6.07) is 11.6. The number of esters is 1. The van der Waals surface area contributed by atoms with Gasteiger partial charge < -0.3 is 19.5 Å². The Labute approximate surface area is 143 Å². The first-order valence-corrected chi connectivity index (χ1v) is 7.53. The Morgan fingerprint density at radius 3 is 2.71 bits per heavy atom. The van der Waals surface area contributed by atoms with E-state index in [-0.39, 0.29) is 17.9 Å². The molecule has 6 nitrogen and oxygen atoms in total. The molecule has 0 fully saturated rings. The number of carbonyl (C=O) groups is 2. The molecule has 0 saturated heterocycles. The largest absolute Gasteiger partial charge is 0.485 e. The van der Waals surface area contributed by atoms with Crippen LogP contribution in [0.1, 0.15) is 10.4 Å². The van der Waals surface area contributed by atoms with Gasteiger partial charge in [0.25, 0.3) is 5.91 Å². The molecule has 2 aromatic rings. The third-order valence-electron chi connectivity index (χ3n) is 3.45. The van der Waals surface area contributed by atoms with Crippen LogP contribution in [-0.4, -0.2) is 31.7 Å². The van der Waals surface area contributed by atoms with E-state index in [9.17, 15) is 9.59 Å². The quantitative estimate of drug-likeness (QED) is 0.864. The maximum atomic E-state index is 12.4. The zero-order valence-electron chi connectivity index (χ0n) is 12.7. The maximum absolute atomic E-state index is 12.4. The molecule has 0 aliphatic carbocycles. The number of halogens is 1. The Bertz CT molecular complexity index is 792. The van der Waals surface area contributed by atoms with Gasteiger partial charge in [0.05, 0.1) is 18.4 Å².